The van der Waals surface area contributed by atoms with Crippen LogP contribution in [0.2, 0.25) is 0 Å². The van der Waals surface area contributed by atoms with Crippen molar-refractivity contribution < 1.29 is 7.48 Å². The van der Waals surface area contributed by atoms with Crippen molar-refractivity contribution in [2.45, 2.75) is 60.3 Å². The summed E-state index contributed by atoms with van der Waals surface area (Å²) in [6.07, 6.45) is 5.19. The number of benzene rings is 5. The van der Waals surface area contributed by atoms with E-state index in [2.05, 4.69) is 87.8 Å². The van der Waals surface area contributed by atoms with Crippen LogP contribution in [0.25, 0.3) is 60.8 Å². The van der Waals surface area contributed by atoms with Gasteiger partial charge in [0.05, 0.1) is 45.8 Å². The topological polar surface area (TPSA) is 62.7 Å². The van der Waals surface area contributed by atoms with Gasteiger partial charge in [-0.1, -0.05) is 70.2 Å². The predicted octanol–water partition coefficient (Wildman–Crippen LogP) is 11.8. The first kappa shape index (κ1) is 30.4. The van der Waals surface area contributed by atoms with Gasteiger partial charge in [0.25, 0.3) is 0 Å². The maximum Gasteiger partial charge on any atom is 0.139 e. The van der Waals surface area contributed by atoms with Gasteiger partial charge in [-0.3, -0.25) is 4.57 Å². The molecule has 262 valence electrons. The lowest BCUT2D eigenvalue weighted by Gasteiger charge is -2.17. The minimum Gasteiger partial charge on any atom is -0.457 e. The monoisotopic (exact) mass is 696 g/mol. The molecule has 53 heavy (non-hydrogen) atoms. The molecule has 4 aromatic heterocycles. The molecule has 9 aromatic rings. The first-order valence-electron chi connectivity index (χ1n) is 19.0. The lowest BCUT2D eigenvalue weighted by Crippen LogP contribution is -2.04. The number of hydrogen-bond acceptors (Lipinski definition) is 4. The Balaban J connectivity index is 1.29. The van der Waals surface area contributed by atoms with Gasteiger partial charge in [0.1, 0.15) is 17.3 Å². The quantitative estimate of drug-likeness (QED) is 0.166. The van der Waals surface area contributed by atoms with Crippen molar-refractivity contribution in [2.24, 2.45) is 0 Å². The highest BCUT2D eigenvalue weighted by atomic mass is 16.5. The highest BCUT2D eigenvalue weighted by Crippen LogP contribution is 2.41. The summed E-state index contributed by atoms with van der Waals surface area (Å²) in [5.41, 5.74) is 10.9. The Morgan fingerprint density at radius 2 is 1.26 bits per heavy atom. The van der Waals surface area contributed by atoms with Gasteiger partial charge in [-0.15, -0.1) is 0 Å². The number of nitrogens with zero attached hydrogens (tertiary/aromatic N) is 6. The molecular weight excluding hydrogens is 653 g/mol. The van der Waals surface area contributed by atoms with Gasteiger partial charge in [-0.25, -0.2) is 4.98 Å². The second-order valence-electron chi connectivity index (χ2n) is 14.5. The summed E-state index contributed by atoms with van der Waals surface area (Å²) in [5.74, 6) is 0.392. The fourth-order valence-corrected chi connectivity index (χ4v) is 8.06. The molecule has 0 aliphatic heterocycles. The highest BCUT2D eigenvalue weighted by molar-refractivity contribution is 6.12. The van der Waals surface area contributed by atoms with Crippen molar-refractivity contribution in [3.8, 4) is 28.7 Å². The summed E-state index contributed by atoms with van der Waals surface area (Å²) in [6.45, 7) is 14.1. The minimum absolute atomic E-state index is 0.689. The number of rotatable bonds is 7. The molecule has 4 heterocycles. The Bertz CT molecular complexity index is 2890. The van der Waals surface area contributed by atoms with Crippen molar-refractivity contribution >= 4 is 43.6 Å². The van der Waals surface area contributed by atoms with Crippen LogP contribution in [0.5, 0.6) is 11.5 Å². The van der Waals surface area contributed by atoms with E-state index in [-0.39, 0.29) is 0 Å². The number of hydrogen-bond donors (Lipinski definition) is 0. The van der Waals surface area contributed by atoms with Gasteiger partial charge >= 0.3 is 0 Å². The van der Waals surface area contributed by atoms with Gasteiger partial charge in [0.15, 0.2) is 0 Å². The van der Waals surface area contributed by atoms with Crippen LogP contribution in [0.4, 0.5) is 0 Å². The molecule has 0 N–H and O–H groups in total. The zero-order valence-electron chi connectivity index (χ0n) is 33.1. The number of para-hydroxylation sites is 2. The molecule has 5 aromatic carbocycles. The third kappa shape index (κ3) is 5.38. The Kier molecular flexibility index (Phi) is 7.16. The van der Waals surface area contributed by atoms with Gasteiger partial charge in [-0.05, 0) is 96.8 Å². The Morgan fingerprint density at radius 1 is 0.585 bits per heavy atom. The van der Waals surface area contributed by atoms with E-state index in [0.717, 1.165) is 83.1 Å². The fourth-order valence-electron chi connectivity index (χ4n) is 8.06. The number of ether oxygens (including phenoxy) is 1. The summed E-state index contributed by atoms with van der Waals surface area (Å²) in [4.78, 5) is 6.62. The van der Waals surface area contributed by atoms with Crippen LogP contribution >= 0.6 is 0 Å². The predicted molar refractivity (Wildman–Crippen MR) is 217 cm³/mol. The smallest absolute Gasteiger partial charge is 0.139 e. The number of aromatic nitrogens is 6. The standard InChI is InChI=1S/C46H42N6O/c1-27(2)36-10-8-12-38-39-13-9-11-37(28(3)4)46(39)50(45(36)38)32-16-17-47-43(25-32)51-41-26-34(14-15-40(41)44-31(7)20-29(5)23-42(44)51)53-35-22-30(6)21-33(24-35)52-48-18-19-49-52/h8-28H,1-7H3/i27D,28D. The van der Waals surface area contributed by atoms with E-state index in [1.54, 1.807) is 17.2 Å². The van der Waals surface area contributed by atoms with Crippen LogP contribution < -0.4 is 4.74 Å². The second kappa shape index (κ2) is 12.5. The van der Waals surface area contributed by atoms with E-state index in [4.69, 9.17) is 9.72 Å². The maximum absolute atomic E-state index is 9.21. The molecule has 0 bridgehead atoms. The maximum atomic E-state index is 9.21. The number of fused-ring (bicyclic) bond motifs is 6. The van der Waals surface area contributed by atoms with Crippen molar-refractivity contribution in [3.63, 3.8) is 0 Å². The molecule has 0 spiro atoms. The summed E-state index contributed by atoms with van der Waals surface area (Å²) >= 11 is 0. The van der Waals surface area contributed by atoms with Crippen molar-refractivity contribution in [1.82, 2.24) is 29.1 Å². The molecule has 0 saturated carbocycles. The van der Waals surface area contributed by atoms with E-state index >= 15 is 0 Å². The zero-order chi connectivity index (χ0) is 38.4. The van der Waals surface area contributed by atoms with Gasteiger partial charge in [0.2, 0.25) is 0 Å². The largest absolute Gasteiger partial charge is 0.457 e. The Morgan fingerprint density at radius 3 is 1.94 bits per heavy atom. The van der Waals surface area contributed by atoms with Gasteiger partial charge < -0.3 is 9.30 Å². The molecule has 0 aliphatic carbocycles. The average molecular weight is 697 g/mol. The summed E-state index contributed by atoms with van der Waals surface area (Å²) < 4.78 is 29.5. The van der Waals surface area contributed by atoms with Crippen LogP contribution in [0, 0.1) is 20.8 Å². The Labute approximate surface area is 311 Å². The molecular formula is C46H42N6O. The first-order chi connectivity index (χ1) is 26.3. The van der Waals surface area contributed by atoms with E-state index in [0.29, 0.717) is 11.5 Å². The molecule has 0 atom stereocenters. The minimum atomic E-state index is -0.872. The first-order valence-corrected chi connectivity index (χ1v) is 18.0. The van der Waals surface area contributed by atoms with E-state index in [9.17, 15) is 2.74 Å². The lowest BCUT2D eigenvalue weighted by molar-refractivity contribution is 0.482. The number of pyridine rings is 1. The van der Waals surface area contributed by atoms with Crippen molar-refractivity contribution in [3.05, 3.63) is 143 Å². The van der Waals surface area contributed by atoms with Crippen molar-refractivity contribution in [1.29, 1.82) is 0 Å². The van der Waals surface area contributed by atoms with Crippen molar-refractivity contribution in [2.75, 3.05) is 0 Å². The van der Waals surface area contributed by atoms with Crippen LogP contribution in [-0.4, -0.2) is 29.1 Å². The fraction of sp³-hybridized carbons (Fsp3) is 0.196. The molecule has 0 saturated heterocycles. The molecule has 7 heteroatoms. The van der Waals surface area contributed by atoms with Crippen LogP contribution in [0.3, 0.4) is 0 Å². The lowest BCUT2D eigenvalue weighted by atomic mass is 9.98. The summed E-state index contributed by atoms with van der Waals surface area (Å²) in [6, 6.07) is 33.3. The van der Waals surface area contributed by atoms with E-state index in [1.165, 1.54) is 5.56 Å². The molecule has 7 nitrogen and oxygen atoms in total. The summed E-state index contributed by atoms with van der Waals surface area (Å²) in [5, 5.41) is 13.0. The van der Waals surface area contributed by atoms with Crippen LogP contribution in [-0.2, 0) is 0 Å². The molecule has 0 fully saturated rings. The Hall–Kier alpha value is -6.21. The molecule has 9 rings (SSSR count). The SMILES string of the molecule is [2H]C(C)(C)c1cccc2c3cccc(C([2H])(C)C)c3n(-c3ccnc(-n4c5cc(Oc6cc(C)cc(-n7nccn7)c6)ccc5c5c(C)cc(C)cc54)c3)c12. The van der Waals surface area contributed by atoms with E-state index in [1.807, 2.05) is 83.3 Å². The molecule has 0 unspecified atom stereocenters. The van der Waals surface area contributed by atoms with Crippen LogP contribution in [0.15, 0.2) is 116 Å². The molecule has 0 aliphatic rings. The zero-order valence-corrected chi connectivity index (χ0v) is 31.1. The number of aryl methyl sites for hydroxylation is 3. The average Bonchev–Trinajstić information content (AvgIpc) is 3.86. The normalized spacial score (nSPS) is 13.0. The summed E-state index contributed by atoms with van der Waals surface area (Å²) in [7, 11) is 0. The van der Waals surface area contributed by atoms with E-state index < -0.39 is 11.8 Å². The van der Waals surface area contributed by atoms with Gasteiger partial charge in [0, 0.05) is 48.7 Å². The second-order valence-corrected chi connectivity index (χ2v) is 14.5. The third-order valence-electron chi connectivity index (χ3n) is 10.2. The highest BCUT2D eigenvalue weighted by Gasteiger charge is 2.22. The van der Waals surface area contributed by atoms with Gasteiger partial charge in [-0.2, -0.15) is 15.0 Å². The van der Waals surface area contributed by atoms with Crippen LogP contribution in [0.1, 0.15) is 70.0 Å². The molecule has 0 radical (unpaired) electrons. The molecule has 0 amide bonds. The third-order valence-corrected chi connectivity index (χ3v) is 10.2.